The van der Waals surface area contributed by atoms with Crippen molar-refractivity contribution in [2.45, 2.75) is 6.92 Å². The van der Waals surface area contributed by atoms with Gasteiger partial charge in [0, 0.05) is 53.9 Å². The predicted octanol–water partition coefficient (Wildman–Crippen LogP) is 3.62. The normalized spacial score (nSPS) is 11.0. The largest absolute Gasteiger partial charge is 0.322 e. The molecule has 1 N–H and O–H groups in total. The SMILES string of the molecule is Cc1ccc2c(-c3cncc(F)c3)cnc(Nc3ccn(C)n3)c2n1. The Morgan fingerprint density at radius 2 is 2.00 bits per heavy atom. The Labute approximate surface area is 143 Å². The van der Waals surface area contributed by atoms with Crippen LogP contribution in [0, 0.1) is 12.7 Å². The molecular formula is C18H15FN6. The fourth-order valence-corrected chi connectivity index (χ4v) is 2.70. The highest BCUT2D eigenvalue weighted by Crippen LogP contribution is 2.31. The number of rotatable bonds is 3. The molecule has 0 spiro atoms. The molecule has 0 amide bonds. The molecule has 0 fully saturated rings. The van der Waals surface area contributed by atoms with Crippen molar-refractivity contribution in [1.82, 2.24) is 24.7 Å². The number of halogens is 1. The first-order chi connectivity index (χ1) is 12.1. The Bertz CT molecular complexity index is 1070. The number of nitrogens with zero attached hydrogens (tertiary/aromatic N) is 5. The van der Waals surface area contributed by atoms with Crippen LogP contribution < -0.4 is 5.32 Å². The molecule has 0 saturated heterocycles. The lowest BCUT2D eigenvalue weighted by molar-refractivity contribution is 0.622. The minimum absolute atomic E-state index is 0.388. The Hall–Kier alpha value is -3.35. The summed E-state index contributed by atoms with van der Waals surface area (Å²) in [6.07, 6.45) is 6.33. The highest BCUT2D eigenvalue weighted by Gasteiger charge is 2.12. The number of aromatic nitrogens is 5. The lowest BCUT2D eigenvalue weighted by Gasteiger charge is -2.11. The highest BCUT2D eigenvalue weighted by molar-refractivity contribution is 5.99. The number of aryl methyl sites for hydroxylation is 2. The number of anilines is 2. The van der Waals surface area contributed by atoms with Gasteiger partial charge in [-0.2, -0.15) is 5.10 Å². The summed E-state index contributed by atoms with van der Waals surface area (Å²) in [6, 6.07) is 7.18. The quantitative estimate of drug-likeness (QED) is 0.620. The molecule has 0 aliphatic rings. The van der Waals surface area contributed by atoms with E-state index in [2.05, 4.69) is 25.4 Å². The van der Waals surface area contributed by atoms with Crippen molar-refractivity contribution in [3.8, 4) is 11.1 Å². The van der Waals surface area contributed by atoms with Gasteiger partial charge in [-0.05, 0) is 19.1 Å². The van der Waals surface area contributed by atoms with Gasteiger partial charge < -0.3 is 5.32 Å². The minimum Gasteiger partial charge on any atom is -0.322 e. The summed E-state index contributed by atoms with van der Waals surface area (Å²) in [5.41, 5.74) is 3.01. The first-order valence-corrected chi connectivity index (χ1v) is 7.74. The molecule has 7 heteroatoms. The molecule has 4 rings (SSSR count). The van der Waals surface area contributed by atoms with Crippen LogP contribution in [0.3, 0.4) is 0 Å². The van der Waals surface area contributed by atoms with Crippen molar-refractivity contribution in [3.63, 3.8) is 0 Å². The topological polar surface area (TPSA) is 68.5 Å². The van der Waals surface area contributed by atoms with Crippen LogP contribution >= 0.6 is 0 Å². The average molecular weight is 334 g/mol. The summed E-state index contributed by atoms with van der Waals surface area (Å²) >= 11 is 0. The third-order valence-corrected chi connectivity index (χ3v) is 3.85. The molecule has 6 nitrogen and oxygen atoms in total. The zero-order valence-corrected chi connectivity index (χ0v) is 13.7. The summed E-state index contributed by atoms with van der Waals surface area (Å²) in [6.45, 7) is 1.92. The number of hydrogen-bond acceptors (Lipinski definition) is 5. The molecule has 124 valence electrons. The van der Waals surface area contributed by atoms with E-state index in [1.165, 1.54) is 12.3 Å². The van der Waals surface area contributed by atoms with E-state index in [-0.39, 0.29) is 5.82 Å². The number of nitrogens with one attached hydrogen (secondary N) is 1. The van der Waals surface area contributed by atoms with Crippen LogP contribution in [0.2, 0.25) is 0 Å². The van der Waals surface area contributed by atoms with Crippen LogP contribution in [-0.4, -0.2) is 24.7 Å². The first kappa shape index (κ1) is 15.2. The van der Waals surface area contributed by atoms with Crippen LogP contribution in [0.4, 0.5) is 16.0 Å². The number of pyridine rings is 3. The second kappa shape index (κ2) is 5.94. The predicted molar refractivity (Wildman–Crippen MR) is 94.0 cm³/mol. The summed E-state index contributed by atoms with van der Waals surface area (Å²) in [7, 11) is 1.85. The zero-order chi connectivity index (χ0) is 17.4. The van der Waals surface area contributed by atoms with Crippen LogP contribution in [0.25, 0.3) is 22.0 Å². The fraction of sp³-hybridized carbons (Fsp3) is 0.111. The molecule has 0 aliphatic carbocycles. The summed E-state index contributed by atoms with van der Waals surface area (Å²) in [5, 5.41) is 8.36. The summed E-state index contributed by atoms with van der Waals surface area (Å²) in [5.74, 6) is 0.895. The van der Waals surface area contributed by atoms with Crippen LogP contribution in [0.5, 0.6) is 0 Å². The molecule has 0 unspecified atom stereocenters. The van der Waals surface area contributed by atoms with Gasteiger partial charge in [-0.1, -0.05) is 6.07 Å². The average Bonchev–Trinajstić information content (AvgIpc) is 3.00. The van der Waals surface area contributed by atoms with Gasteiger partial charge >= 0.3 is 0 Å². The smallest absolute Gasteiger partial charge is 0.158 e. The van der Waals surface area contributed by atoms with Gasteiger partial charge in [0.25, 0.3) is 0 Å². The molecule has 0 saturated carbocycles. The molecule has 0 radical (unpaired) electrons. The van der Waals surface area contributed by atoms with Gasteiger partial charge in [-0.15, -0.1) is 0 Å². The van der Waals surface area contributed by atoms with Gasteiger partial charge in [-0.25, -0.2) is 14.4 Å². The monoisotopic (exact) mass is 334 g/mol. The molecule has 0 atom stereocenters. The third kappa shape index (κ3) is 2.91. The lowest BCUT2D eigenvalue weighted by atomic mass is 10.0. The van der Waals surface area contributed by atoms with Crippen molar-refractivity contribution >= 4 is 22.5 Å². The highest BCUT2D eigenvalue weighted by atomic mass is 19.1. The Kier molecular flexibility index (Phi) is 3.61. The fourth-order valence-electron chi connectivity index (χ4n) is 2.70. The molecule has 0 aromatic carbocycles. The third-order valence-electron chi connectivity index (χ3n) is 3.85. The van der Waals surface area contributed by atoms with Crippen molar-refractivity contribution in [2.75, 3.05) is 5.32 Å². The van der Waals surface area contributed by atoms with Crippen LogP contribution in [-0.2, 0) is 7.05 Å². The molecule has 4 heterocycles. The Balaban J connectivity index is 1.89. The van der Waals surface area contributed by atoms with Gasteiger partial charge in [0.2, 0.25) is 0 Å². The second-order valence-electron chi connectivity index (χ2n) is 5.76. The molecular weight excluding hydrogens is 319 g/mol. The van der Waals surface area contributed by atoms with Crippen LogP contribution in [0.1, 0.15) is 5.69 Å². The second-order valence-corrected chi connectivity index (χ2v) is 5.76. The van der Waals surface area contributed by atoms with Gasteiger partial charge in [0.15, 0.2) is 11.6 Å². The van der Waals surface area contributed by atoms with E-state index in [1.54, 1.807) is 17.1 Å². The van der Waals surface area contributed by atoms with Crippen LogP contribution in [0.15, 0.2) is 49.1 Å². The van der Waals surface area contributed by atoms with Crippen molar-refractivity contribution < 1.29 is 4.39 Å². The molecule has 0 bridgehead atoms. The van der Waals surface area contributed by atoms with E-state index in [9.17, 15) is 4.39 Å². The standard InChI is InChI=1S/C18H15FN6/c1-11-3-4-14-15(12-7-13(19)9-20-8-12)10-21-18(17(14)22-11)23-16-5-6-25(2)24-16/h3-10H,1-2H3,(H,21,23,24). The lowest BCUT2D eigenvalue weighted by Crippen LogP contribution is -2.00. The first-order valence-electron chi connectivity index (χ1n) is 7.74. The Morgan fingerprint density at radius 3 is 2.76 bits per heavy atom. The van der Waals surface area contributed by atoms with E-state index in [0.29, 0.717) is 22.7 Å². The van der Waals surface area contributed by atoms with E-state index in [4.69, 9.17) is 0 Å². The maximum atomic E-state index is 13.6. The summed E-state index contributed by atoms with van der Waals surface area (Å²) in [4.78, 5) is 13.0. The molecule has 25 heavy (non-hydrogen) atoms. The van der Waals surface area contributed by atoms with Gasteiger partial charge in [-0.3, -0.25) is 9.67 Å². The van der Waals surface area contributed by atoms with Crippen molar-refractivity contribution in [2.24, 2.45) is 7.05 Å². The van der Waals surface area contributed by atoms with Crippen molar-refractivity contribution in [1.29, 1.82) is 0 Å². The van der Waals surface area contributed by atoms with E-state index >= 15 is 0 Å². The van der Waals surface area contributed by atoms with Gasteiger partial charge in [0.05, 0.1) is 6.20 Å². The number of hydrogen-bond donors (Lipinski definition) is 1. The maximum Gasteiger partial charge on any atom is 0.158 e. The van der Waals surface area contributed by atoms with Gasteiger partial charge in [0.1, 0.15) is 11.3 Å². The molecule has 4 aromatic rings. The number of fused-ring (bicyclic) bond motifs is 1. The zero-order valence-electron chi connectivity index (χ0n) is 13.7. The molecule has 4 aromatic heterocycles. The maximum absolute atomic E-state index is 13.6. The van der Waals surface area contributed by atoms with E-state index < -0.39 is 0 Å². The Morgan fingerprint density at radius 1 is 1.12 bits per heavy atom. The summed E-state index contributed by atoms with van der Waals surface area (Å²) < 4.78 is 15.3. The minimum atomic E-state index is -0.388. The molecule has 0 aliphatic heterocycles. The van der Waals surface area contributed by atoms with Crippen molar-refractivity contribution in [3.05, 3.63) is 60.6 Å². The van der Waals surface area contributed by atoms with E-state index in [1.807, 2.05) is 38.4 Å². The van der Waals surface area contributed by atoms with E-state index in [0.717, 1.165) is 16.6 Å².